The van der Waals surface area contributed by atoms with Crippen molar-refractivity contribution in [2.45, 2.75) is 52.2 Å². The van der Waals surface area contributed by atoms with Crippen LogP contribution in [-0.4, -0.2) is 48.1 Å². The van der Waals surface area contributed by atoms with Crippen molar-refractivity contribution < 1.29 is 23.9 Å². The Labute approximate surface area is 181 Å². The van der Waals surface area contributed by atoms with Crippen LogP contribution in [0.3, 0.4) is 0 Å². The fourth-order valence-corrected chi connectivity index (χ4v) is 4.37. The van der Waals surface area contributed by atoms with Gasteiger partial charge in [0.25, 0.3) is 0 Å². The molecule has 2 fully saturated rings. The van der Waals surface area contributed by atoms with Crippen LogP contribution in [0.2, 0.25) is 0 Å². The number of ether oxygens (including phenoxy) is 2. The highest BCUT2D eigenvalue weighted by molar-refractivity contribution is 6.01. The maximum absolute atomic E-state index is 12.7. The molecule has 7 heteroatoms. The number of esters is 1. The van der Waals surface area contributed by atoms with Gasteiger partial charge >= 0.3 is 5.97 Å². The van der Waals surface area contributed by atoms with Crippen LogP contribution < -0.4 is 4.90 Å². The van der Waals surface area contributed by atoms with E-state index in [1.165, 1.54) is 0 Å². The number of rotatable bonds is 7. The number of anilines is 1. The third-order valence-electron chi connectivity index (χ3n) is 6.09. The average molecular weight is 424 g/mol. The van der Waals surface area contributed by atoms with Crippen molar-refractivity contribution >= 4 is 23.3 Å². The van der Waals surface area contributed by atoms with E-state index in [9.17, 15) is 14.4 Å². The van der Waals surface area contributed by atoms with Gasteiger partial charge in [0, 0.05) is 48.8 Å². The molecule has 0 bridgehead atoms. The molecule has 1 aromatic heterocycles. The van der Waals surface area contributed by atoms with Crippen LogP contribution >= 0.6 is 0 Å². The van der Waals surface area contributed by atoms with Crippen molar-refractivity contribution in [2.75, 3.05) is 24.7 Å². The largest absolute Gasteiger partial charge is 0.454 e. The Morgan fingerprint density at radius 1 is 1.19 bits per heavy atom. The summed E-state index contributed by atoms with van der Waals surface area (Å²) < 4.78 is 13.1. The number of ketones is 1. The first-order valence-electron chi connectivity index (χ1n) is 10.8. The highest BCUT2D eigenvalue weighted by Gasteiger charge is 2.24. The lowest BCUT2D eigenvalue weighted by molar-refractivity contribution is -0.117. The van der Waals surface area contributed by atoms with Crippen LogP contribution in [0.1, 0.15) is 57.8 Å². The number of hydrogen-bond acceptors (Lipinski definition) is 5. The first-order chi connectivity index (χ1) is 14.9. The number of amides is 1. The van der Waals surface area contributed by atoms with Gasteiger partial charge in [0.15, 0.2) is 6.61 Å². The molecule has 0 spiro atoms. The number of Topliss-reactive ketones (excluding diaryl/α,β-unsaturated/α-hetero) is 1. The molecule has 4 rings (SSSR count). The summed E-state index contributed by atoms with van der Waals surface area (Å²) in [6, 6.07) is 8.64. The third kappa shape index (κ3) is 4.56. The van der Waals surface area contributed by atoms with E-state index in [4.69, 9.17) is 9.47 Å². The van der Waals surface area contributed by atoms with Gasteiger partial charge in [0.1, 0.15) is 0 Å². The van der Waals surface area contributed by atoms with Gasteiger partial charge in [-0.2, -0.15) is 0 Å². The summed E-state index contributed by atoms with van der Waals surface area (Å²) >= 11 is 0. The molecular formula is C24H28N2O5. The fraction of sp³-hybridized carbons (Fsp3) is 0.458. The van der Waals surface area contributed by atoms with E-state index in [1.807, 2.05) is 19.9 Å². The number of carbonyl (C=O) groups is 3. The zero-order valence-electron chi connectivity index (χ0n) is 18.1. The van der Waals surface area contributed by atoms with E-state index in [0.717, 1.165) is 43.8 Å². The number of hydrogen-bond donors (Lipinski definition) is 0. The van der Waals surface area contributed by atoms with Gasteiger partial charge in [-0.1, -0.05) is 6.07 Å². The molecular weight excluding hydrogens is 396 g/mol. The Hall–Kier alpha value is -2.93. The molecule has 0 aliphatic carbocycles. The Balaban J connectivity index is 1.40. The van der Waals surface area contributed by atoms with Gasteiger partial charge in [-0.05, 0) is 57.4 Å². The minimum Gasteiger partial charge on any atom is -0.454 e. The maximum atomic E-state index is 12.7. The van der Waals surface area contributed by atoms with Crippen molar-refractivity contribution in [3.63, 3.8) is 0 Å². The summed E-state index contributed by atoms with van der Waals surface area (Å²) in [5.41, 5.74) is 3.43. The highest BCUT2D eigenvalue weighted by Crippen LogP contribution is 2.23. The Morgan fingerprint density at radius 3 is 2.74 bits per heavy atom. The standard InChI is InChI=1S/C24H28N2O5/c1-16-12-21(17(2)26(16)14-20-8-5-11-30-20)22(27)15-31-24(29)18-6-3-7-19(13-18)25-10-4-9-23(25)28/h3,6-7,12-13,20H,4-5,8-11,14-15H2,1-2H3/t20-/m0/s1. The molecule has 7 nitrogen and oxygen atoms in total. The zero-order valence-corrected chi connectivity index (χ0v) is 18.1. The average Bonchev–Trinajstić information content (AvgIpc) is 3.50. The number of aromatic nitrogens is 1. The second-order valence-corrected chi connectivity index (χ2v) is 8.23. The van der Waals surface area contributed by atoms with E-state index in [1.54, 1.807) is 29.2 Å². The predicted molar refractivity (Wildman–Crippen MR) is 116 cm³/mol. The van der Waals surface area contributed by atoms with Crippen LogP contribution in [0, 0.1) is 13.8 Å². The molecule has 0 unspecified atom stereocenters. The molecule has 0 radical (unpaired) electrons. The Bertz CT molecular complexity index is 1000. The maximum Gasteiger partial charge on any atom is 0.338 e. The number of nitrogens with zero attached hydrogens (tertiary/aromatic N) is 2. The Morgan fingerprint density at radius 2 is 2.03 bits per heavy atom. The van der Waals surface area contributed by atoms with Gasteiger partial charge in [0.2, 0.25) is 11.7 Å². The molecule has 164 valence electrons. The smallest absolute Gasteiger partial charge is 0.338 e. The number of aryl methyl sites for hydroxylation is 1. The summed E-state index contributed by atoms with van der Waals surface area (Å²) in [7, 11) is 0. The van der Waals surface area contributed by atoms with E-state index >= 15 is 0 Å². The summed E-state index contributed by atoms with van der Waals surface area (Å²) in [5, 5.41) is 0. The summed E-state index contributed by atoms with van der Waals surface area (Å²) in [4.78, 5) is 38.9. The molecule has 31 heavy (non-hydrogen) atoms. The van der Waals surface area contributed by atoms with Crippen LogP contribution in [0.15, 0.2) is 30.3 Å². The highest BCUT2D eigenvalue weighted by atomic mass is 16.5. The lowest BCUT2D eigenvalue weighted by Crippen LogP contribution is -2.24. The summed E-state index contributed by atoms with van der Waals surface area (Å²) in [6.07, 6.45) is 3.61. The van der Waals surface area contributed by atoms with Crippen molar-refractivity contribution in [3.8, 4) is 0 Å². The van der Waals surface area contributed by atoms with Gasteiger partial charge in [-0.15, -0.1) is 0 Å². The fourth-order valence-electron chi connectivity index (χ4n) is 4.37. The number of carbonyl (C=O) groups excluding carboxylic acids is 3. The van der Waals surface area contributed by atoms with Crippen LogP contribution in [0.25, 0.3) is 0 Å². The lowest BCUT2D eigenvalue weighted by Gasteiger charge is -2.16. The second kappa shape index (κ2) is 9.06. The Kier molecular flexibility index (Phi) is 6.23. The molecule has 3 heterocycles. The van der Waals surface area contributed by atoms with Gasteiger partial charge in [-0.3, -0.25) is 9.59 Å². The van der Waals surface area contributed by atoms with Crippen molar-refractivity contribution in [1.82, 2.24) is 4.57 Å². The topological polar surface area (TPSA) is 77.8 Å². The quantitative estimate of drug-likeness (QED) is 0.503. The van der Waals surface area contributed by atoms with E-state index in [0.29, 0.717) is 29.8 Å². The molecule has 2 aliphatic rings. The first-order valence-corrected chi connectivity index (χ1v) is 10.8. The molecule has 1 amide bonds. The SMILES string of the molecule is Cc1cc(C(=O)COC(=O)c2cccc(N3CCCC3=O)c2)c(C)n1C[C@@H]1CCCO1. The van der Waals surface area contributed by atoms with Crippen LogP contribution in [0.4, 0.5) is 5.69 Å². The molecule has 2 saturated heterocycles. The summed E-state index contributed by atoms with van der Waals surface area (Å²) in [6.45, 7) is 5.72. The van der Waals surface area contributed by atoms with Gasteiger partial charge < -0.3 is 18.9 Å². The second-order valence-electron chi connectivity index (χ2n) is 8.23. The molecule has 1 atom stereocenters. The first kappa shape index (κ1) is 21.3. The van der Waals surface area contributed by atoms with Crippen molar-refractivity contribution in [1.29, 1.82) is 0 Å². The van der Waals surface area contributed by atoms with Crippen LogP contribution in [0.5, 0.6) is 0 Å². The van der Waals surface area contributed by atoms with Crippen LogP contribution in [-0.2, 0) is 20.8 Å². The van der Waals surface area contributed by atoms with Gasteiger partial charge in [-0.25, -0.2) is 4.79 Å². The molecule has 2 aromatic rings. The number of benzene rings is 1. The predicted octanol–water partition coefficient (Wildman–Crippen LogP) is 3.45. The minimum absolute atomic E-state index is 0.0547. The third-order valence-corrected chi connectivity index (χ3v) is 6.09. The van der Waals surface area contributed by atoms with Crippen molar-refractivity contribution in [2.24, 2.45) is 0 Å². The zero-order chi connectivity index (χ0) is 22.0. The van der Waals surface area contributed by atoms with E-state index in [-0.39, 0.29) is 24.4 Å². The molecule has 0 saturated carbocycles. The molecule has 2 aliphatic heterocycles. The summed E-state index contributed by atoms with van der Waals surface area (Å²) in [5.74, 6) is -0.750. The minimum atomic E-state index is -0.574. The molecule has 1 aromatic carbocycles. The van der Waals surface area contributed by atoms with E-state index < -0.39 is 5.97 Å². The molecule has 0 N–H and O–H groups in total. The normalized spacial score (nSPS) is 18.6. The van der Waals surface area contributed by atoms with Gasteiger partial charge in [0.05, 0.1) is 11.7 Å². The van der Waals surface area contributed by atoms with E-state index in [2.05, 4.69) is 4.57 Å². The lowest BCUT2D eigenvalue weighted by atomic mass is 10.1. The van der Waals surface area contributed by atoms with Crippen molar-refractivity contribution in [3.05, 3.63) is 52.8 Å². The monoisotopic (exact) mass is 424 g/mol.